The number of fused-ring (bicyclic) bond motifs is 1. The lowest BCUT2D eigenvalue weighted by molar-refractivity contribution is 0.104. The number of ketones is 1. The molecule has 5 rings (SSSR count). The van der Waals surface area contributed by atoms with Crippen molar-refractivity contribution in [1.29, 1.82) is 0 Å². The van der Waals surface area contributed by atoms with Crippen LogP contribution in [0.3, 0.4) is 0 Å². The molecule has 152 valence electrons. The van der Waals surface area contributed by atoms with Crippen LogP contribution >= 0.6 is 27.3 Å². The summed E-state index contributed by atoms with van der Waals surface area (Å²) in [4.78, 5) is 19.3. The van der Waals surface area contributed by atoms with Gasteiger partial charge in [0.15, 0.2) is 0 Å². The Balaban J connectivity index is 1.73. The number of halogens is 1. The Kier molecular flexibility index (Phi) is 4.96. The third-order valence-corrected chi connectivity index (χ3v) is 6.77. The number of furan rings is 1. The summed E-state index contributed by atoms with van der Waals surface area (Å²) in [5, 5.41) is 0.747. The molecule has 0 bridgehead atoms. The second kappa shape index (κ2) is 7.80. The van der Waals surface area contributed by atoms with Crippen LogP contribution in [0.2, 0.25) is 0 Å². The Labute approximate surface area is 191 Å². The van der Waals surface area contributed by atoms with Crippen LogP contribution in [0.5, 0.6) is 0 Å². The number of nitrogens with zero attached hydrogens (tertiary/aromatic N) is 1. The van der Waals surface area contributed by atoms with Gasteiger partial charge in [-0.3, -0.25) is 4.79 Å². The van der Waals surface area contributed by atoms with E-state index in [4.69, 9.17) is 15.1 Å². The number of nitrogen functional groups attached to an aromatic ring is 1. The molecule has 0 spiro atoms. The van der Waals surface area contributed by atoms with Gasteiger partial charge in [-0.05, 0) is 49.4 Å². The molecule has 4 nitrogen and oxygen atoms in total. The number of aromatic nitrogens is 1. The lowest BCUT2D eigenvalue weighted by Gasteiger charge is -2.07. The fraction of sp³-hybridized carbons (Fsp3) is 0.0400. The van der Waals surface area contributed by atoms with Gasteiger partial charge >= 0.3 is 0 Å². The Morgan fingerprint density at radius 3 is 2.48 bits per heavy atom. The molecule has 0 radical (unpaired) electrons. The summed E-state index contributed by atoms with van der Waals surface area (Å²) in [6, 6.07) is 21.2. The first-order chi connectivity index (χ1) is 15.0. The molecule has 0 fully saturated rings. The third kappa shape index (κ3) is 3.58. The van der Waals surface area contributed by atoms with Crippen LogP contribution in [0.25, 0.3) is 32.8 Å². The van der Waals surface area contributed by atoms with Gasteiger partial charge in [0.25, 0.3) is 0 Å². The molecule has 0 saturated carbocycles. The van der Waals surface area contributed by atoms with Crippen molar-refractivity contribution in [2.75, 3.05) is 5.73 Å². The number of hydrogen-bond donors (Lipinski definition) is 1. The Morgan fingerprint density at radius 1 is 1.06 bits per heavy atom. The Bertz CT molecular complexity index is 1400. The van der Waals surface area contributed by atoms with Gasteiger partial charge in [0.1, 0.15) is 15.5 Å². The molecule has 2 N–H and O–H groups in total. The van der Waals surface area contributed by atoms with E-state index in [9.17, 15) is 4.79 Å². The summed E-state index contributed by atoms with van der Waals surface area (Å²) < 4.78 is 6.61. The first kappa shape index (κ1) is 19.7. The highest BCUT2D eigenvalue weighted by molar-refractivity contribution is 9.10. The predicted octanol–water partition coefficient (Wildman–Crippen LogP) is 7.11. The van der Waals surface area contributed by atoms with Gasteiger partial charge in [0, 0.05) is 26.5 Å². The second-order valence-electron chi connectivity index (χ2n) is 7.26. The zero-order valence-electron chi connectivity index (χ0n) is 16.6. The molecule has 3 aromatic heterocycles. The zero-order valence-corrected chi connectivity index (χ0v) is 19.0. The van der Waals surface area contributed by atoms with E-state index in [-0.39, 0.29) is 5.78 Å². The number of anilines is 1. The van der Waals surface area contributed by atoms with Gasteiger partial charge in [-0.1, -0.05) is 45.8 Å². The number of hydrogen-bond acceptors (Lipinski definition) is 5. The van der Waals surface area contributed by atoms with E-state index in [1.807, 2.05) is 42.5 Å². The highest BCUT2D eigenvalue weighted by Gasteiger charge is 2.23. The molecule has 31 heavy (non-hydrogen) atoms. The molecule has 3 heterocycles. The maximum absolute atomic E-state index is 13.2. The van der Waals surface area contributed by atoms with E-state index in [1.54, 1.807) is 18.4 Å². The summed E-state index contributed by atoms with van der Waals surface area (Å²) in [6.07, 6.45) is 1.63. The number of carbonyl (C=O) groups is 1. The van der Waals surface area contributed by atoms with E-state index in [0.717, 1.165) is 26.7 Å². The molecule has 5 aromatic rings. The summed E-state index contributed by atoms with van der Waals surface area (Å²) in [7, 11) is 0. The second-order valence-corrected chi connectivity index (χ2v) is 9.17. The Morgan fingerprint density at radius 2 is 1.81 bits per heavy atom. The monoisotopic (exact) mass is 488 g/mol. The van der Waals surface area contributed by atoms with Crippen LogP contribution in [-0.4, -0.2) is 10.8 Å². The first-order valence-electron chi connectivity index (χ1n) is 9.65. The molecule has 2 aromatic carbocycles. The fourth-order valence-corrected chi connectivity index (χ4v) is 4.87. The maximum atomic E-state index is 13.2. The smallest absolute Gasteiger partial charge is 0.205 e. The molecule has 0 aliphatic heterocycles. The van der Waals surface area contributed by atoms with Gasteiger partial charge in [0.2, 0.25) is 5.78 Å². The summed E-state index contributed by atoms with van der Waals surface area (Å²) in [6.45, 7) is 2.05. The zero-order chi connectivity index (χ0) is 21.5. The van der Waals surface area contributed by atoms with Crippen molar-refractivity contribution in [2.45, 2.75) is 6.92 Å². The first-order valence-corrected chi connectivity index (χ1v) is 11.3. The van der Waals surface area contributed by atoms with E-state index in [2.05, 4.69) is 35.0 Å². The topological polar surface area (TPSA) is 69.1 Å². The van der Waals surface area contributed by atoms with Crippen LogP contribution < -0.4 is 5.73 Å². The average Bonchev–Trinajstić information content (AvgIpc) is 3.42. The van der Waals surface area contributed by atoms with Gasteiger partial charge in [-0.25, -0.2) is 4.98 Å². The van der Waals surface area contributed by atoms with Gasteiger partial charge in [0.05, 0.1) is 17.6 Å². The molecular formula is C25H17BrN2O2S. The summed E-state index contributed by atoms with van der Waals surface area (Å²) in [5.74, 6) is 0.572. The average molecular weight is 489 g/mol. The van der Waals surface area contributed by atoms with E-state index < -0.39 is 0 Å². The number of carbonyl (C=O) groups excluding carboxylic acids is 1. The van der Waals surface area contributed by atoms with Crippen molar-refractivity contribution in [3.05, 3.63) is 93.5 Å². The summed E-state index contributed by atoms with van der Waals surface area (Å²) in [5.41, 5.74) is 11.3. The van der Waals surface area contributed by atoms with E-state index in [0.29, 0.717) is 26.7 Å². The minimum Gasteiger partial charge on any atom is -0.464 e. The molecule has 0 aliphatic rings. The quantitative estimate of drug-likeness (QED) is 0.273. The number of nitrogens with two attached hydrogens (primary N) is 1. The van der Waals surface area contributed by atoms with Crippen LogP contribution in [-0.2, 0) is 0 Å². The maximum Gasteiger partial charge on any atom is 0.205 e. The number of aryl methyl sites for hydroxylation is 1. The lowest BCUT2D eigenvalue weighted by atomic mass is 10.0. The molecule has 0 saturated heterocycles. The standard InChI is InChI=1S/C25H17BrN2O2S/c1-14-4-6-15(7-5-14)19-13-18(20-3-2-12-30-20)21-22(27)24(31-25(21)28-19)23(29)16-8-10-17(26)11-9-16/h2-13H,27H2,1H3. The normalized spacial score (nSPS) is 11.2. The Hall–Kier alpha value is -3.22. The van der Waals surface area contributed by atoms with Gasteiger partial charge < -0.3 is 10.2 Å². The SMILES string of the molecule is Cc1ccc(-c2cc(-c3ccco3)c3c(N)c(C(=O)c4ccc(Br)cc4)sc3n2)cc1. The largest absolute Gasteiger partial charge is 0.464 e. The molecule has 0 atom stereocenters. The number of thiophene rings is 1. The predicted molar refractivity (Wildman–Crippen MR) is 129 cm³/mol. The van der Waals surface area contributed by atoms with Gasteiger partial charge in [-0.2, -0.15) is 0 Å². The highest BCUT2D eigenvalue weighted by atomic mass is 79.9. The molecular weight excluding hydrogens is 472 g/mol. The van der Waals surface area contributed by atoms with Gasteiger partial charge in [-0.15, -0.1) is 11.3 Å². The van der Waals surface area contributed by atoms with Crippen LogP contribution in [0.15, 0.2) is 81.9 Å². The third-order valence-electron chi connectivity index (χ3n) is 5.15. The van der Waals surface area contributed by atoms with Crippen LogP contribution in [0.4, 0.5) is 5.69 Å². The van der Waals surface area contributed by atoms with Crippen molar-refractivity contribution in [3.63, 3.8) is 0 Å². The summed E-state index contributed by atoms with van der Waals surface area (Å²) >= 11 is 4.72. The van der Waals surface area contributed by atoms with E-state index in [1.165, 1.54) is 16.9 Å². The minimum absolute atomic E-state index is 0.115. The van der Waals surface area contributed by atoms with Crippen LogP contribution in [0.1, 0.15) is 20.8 Å². The number of pyridine rings is 1. The molecule has 0 amide bonds. The van der Waals surface area contributed by atoms with Crippen molar-refractivity contribution in [1.82, 2.24) is 4.98 Å². The van der Waals surface area contributed by atoms with Crippen molar-refractivity contribution in [2.24, 2.45) is 0 Å². The van der Waals surface area contributed by atoms with Crippen molar-refractivity contribution >= 4 is 49.0 Å². The molecule has 0 unspecified atom stereocenters. The van der Waals surface area contributed by atoms with Crippen molar-refractivity contribution in [3.8, 4) is 22.6 Å². The highest BCUT2D eigenvalue weighted by Crippen LogP contribution is 2.42. The minimum atomic E-state index is -0.115. The number of rotatable bonds is 4. The van der Waals surface area contributed by atoms with Crippen molar-refractivity contribution < 1.29 is 9.21 Å². The number of benzene rings is 2. The fourth-order valence-electron chi connectivity index (χ4n) is 3.52. The molecule has 0 aliphatic carbocycles. The molecule has 6 heteroatoms. The lowest BCUT2D eigenvalue weighted by Crippen LogP contribution is -2.02. The van der Waals surface area contributed by atoms with E-state index >= 15 is 0 Å². The van der Waals surface area contributed by atoms with Crippen LogP contribution in [0, 0.1) is 6.92 Å².